The molecule has 0 saturated heterocycles. The highest BCUT2D eigenvalue weighted by molar-refractivity contribution is 5.51. The Labute approximate surface area is 93.6 Å². The van der Waals surface area contributed by atoms with Crippen molar-refractivity contribution in [3.8, 4) is 5.75 Å². The van der Waals surface area contributed by atoms with Crippen LogP contribution in [-0.2, 0) is 12.8 Å². The van der Waals surface area contributed by atoms with Crippen molar-refractivity contribution in [1.29, 1.82) is 0 Å². The largest absolute Gasteiger partial charge is 0.496 e. The van der Waals surface area contributed by atoms with Crippen LogP contribution in [0.1, 0.15) is 11.1 Å². The van der Waals surface area contributed by atoms with E-state index < -0.39 is 0 Å². The lowest BCUT2D eigenvalue weighted by molar-refractivity contribution is -0.385. The number of benzene rings is 1. The van der Waals surface area contributed by atoms with Gasteiger partial charge >= 0.3 is 0 Å². The van der Waals surface area contributed by atoms with E-state index in [9.17, 15) is 10.1 Å². The molecular weight excluding hydrogens is 208 g/mol. The van der Waals surface area contributed by atoms with E-state index in [2.05, 4.69) is 5.32 Å². The minimum Gasteiger partial charge on any atom is -0.496 e. The zero-order chi connectivity index (χ0) is 11.5. The van der Waals surface area contributed by atoms with Crippen molar-refractivity contribution < 1.29 is 9.66 Å². The van der Waals surface area contributed by atoms with E-state index in [0.29, 0.717) is 12.2 Å². The van der Waals surface area contributed by atoms with Crippen molar-refractivity contribution in [2.75, 3.05) is 20.2 Å². The molecule has 0 saturated carbocycles. The number of hydrogen-bond donors (Lipinski definition) is 1. The number of fused-ring (bicyclic) bond motifs is 1. The first kappa shape index (κ1) is 10.9. The summed E-state index contributed by atoms with van der Waals surface area (Å²) in [5.74, 6) is 0.562. The van der Waals surface area contributed by atoms with Gasteiger partial charge in [-0.2, -0.15) is 0 Å². The van der Waals surface area contributed by atoms with Gasteiger partial charge in [-0.1, -0.05) is 0 Å². The Morgan fingerprint density at radius 3 is 2.81 bits per heavy atom. The minimum atomic E-state index is -0.327. The van der Waals surface area contributed by atoms with E-state index in [-0.39, 0.29) is 10.6 Å². The quantitative estimate of drug-likeness (QED) is 0.605. The van der Waals surface area contributed by atoms with Gasteiger partial charge in [-0.15, -0.1) is 0 Å². The van der Waals surface area contributed by atoms with Crippen LogP contribution in [0.5, 0.6) is 5.75 Å². The molecular formula is C11H14N2O3. The van der Waals surface area contributed by atoms with Crippen LogP contribution in [0.15, 0.2) is 12.1 Å². The number of nitrogens with zero attached hydrogens (tertiary/aromatic N) is 1. The Bertz CT molecular complexity index is 418. The lowest BCUT2D eigenvalue weighted by Gasteiger charge is -2.08. The first-order valence-electron chi connectivity index (χ1n) is 5.27. The maximum absolute atomic E-state index is 11.0. The SMILES string of the molecule is COc1cc2c(c([N+](=O)[O-])c1)CCNCC2. The highest BCUT2D eigenvalue weighted by Gasteiger charge is 2.20. The van der Waals surface area contributed by atoms with Crippen LogP contribution >= 0.6 is 0 Å². The Kier molecular flexibility index (Phi) is 3.05. The molecule has 16 heavy (non-hydrogen) atoms. The third-order valence-electron chi connectivity index (χ3n) is 2.85. The van der Waals surface area contributed by atoms with E-state index in [1.807, 2.05) is 6.07 Å². The first-order chi connectivity index (χ1) is 7.72. The van der Waals surface area contributed by atoms with E-state index >= 15 is 0 Å². The minimum absolute atomic E-state index is 0.179. The van der Waals surface area contributed by atoms with Gasteiger partial charge < -0.3 is 10.1 Å². The lowest BCUT2D eigenvalue weighted by atomic mass is 10.0. The Morgan fingerprint density at radius 2 is 2.12 bits per heavy atom. The molecule has 0 fully saturated rings. The average molecular weight is 222 g/mol. The number of nitrogens with one attached hydrogen (secondary N) is 1. The topological polar surface area (TPSA) is 64.4 Å². The summed E-state index contributed by atoms with van der Waals surface area (Å²) in [7, 11) is 1.53. The number of hydrogen-bond acceptors (Lipinski definition) is 4. The van der Waals surface area contributed by atoms with Crippen LogP contribution < -0.4 is 10.1 Å². The van der Waals surface area contributed by atoms with E-state index in [1.54, 1.807) is 0 Å². The fraction of sp³-hybridized carbons (Fsp3) is 0.455. The molecule has 1 N–H and O–H groups in total. The molecule has 0 aromatic heterocycles. The highest BCUT2D eigenvalue weighted by Crippen LogP contribution is 2.30. The second-order valence-electron chi connectivity index (χ2n) is 3.79. The Balaban J connectivity index is 2.53. The molecule has 1 aliphatic heterocycles. The van der Waals surface area contributed by atoms with Crippen molar-refractivity contribution in [1.82, 2.24) is 5.32 Å². The monoisotopic (exact) mass is 222 g/mol. The van der Waals surface area contributed by atoms with Gasteiger partial charge in [0.05, 0.1) is 18.1 Å². The molecule has 86 valence electrons. The molecule has 1 aromatic rings. The maximum Gasteiger partial charge on any atom is 0.276 e. The highest BCUT2D eigenvalue weighted by atomic mass is 16.6. The van der Waals surface area contributed by atoms with E-state index in [0.717, 1.165) is 30.6 Å². The number of methoxy groups -OCH3 is 1. The molecule has 1 aliphatic rings. The summed E-state index contributed by atoms with van der Waals surface area (Å²) in [5.41, 5.74) is 2.05. The summed E-state index contributed by atoms with van der Waals surface area (Å²) < 4.78 is 5.09. The standard InChI is InChI=1S/C11H14N2O3/c1-16-9-6-8-2-4-12-5-3-10(8)11(7-9)13(14)15/h6-7,12H,2-5H2,1H3. The molecule has 0 bridgehead atoms. The second-order valence-corrected chi connectivity index (χ2v) is 3.79. The van der Waals surface area contributed by atoms with Gasteiger partial charge in [-0.3, -0.25) is 10.1 Å². The van der Waals surface area contributed by atoms with Crippen LogP contribution in [0, 0.1) is 10.1 Å². The second kappa shape index (κ2) is 4.49. The zero-order valence-electron chi connectivity index (χ0n) is 9.16. The van der Waals surface area contributed by atoms with Gasteiger partial charge in [0.15, 0.2) is 0 Å². The van der Waals surface area contributed by atoms with Gasteiger partial charge in [0, 0.05) is 5.56 Å². The summed E-state index contributed by atoms with van der Waals surface area (Å²) in [6.45, 7) is 1.65. The number of ether oxygens (including phenoxy) is 1. The molecule has 0 aliphatic carbocycles. The van der Waals surface area contributed by atoms with Crippen molar-refractivity contribution in [2.45, 2.75) is 12.8 Å². The molecule has 0 spiro atoms. The average Bonchev–Trinajstić information content (AvgIpc) is 2.52. The van der Waals surface area contributed by atoms with E-state index in [1.165, 1.54) is 13.2 Å². The number of rotatable bonds is 2. The molecule has 5 heteroatoms. The van der Waals surface area contributed by atoms with Crippen molar-refractivity contribution in [3.05, 3.63) is 33.4 Å². The van der Waals surface area contributed by atoms with E-state index in [4.69, 9.17) is 4.74 Å². The lowest BCUT2D eigenvalue weighted by Crippen LogP contribution is -2.16. The van der Waals surface area contributed by atoms with Crippen LogP contribution in [0.2, 0.25) is 0 Å². The van der Waals surface area contributed by atoms with Crippen LogP contribution in [0.25, 0.3) is 0 Å². The normalized spacial score (nSPS) is 15.1. The number of nitro groups is 1. The third-order valence-corrected chi connectivity index (χ3v) is 2.85. The molecule has 0 unspecified atom stereocenters. The van der Waals surface area contributed by atoms with Gasteiger partial charge in [0.1, 0.15) is 5.75 Å². The smallest absolute Gasteiger partial charge is 0.276 e. The predicted octanol–water partition coefficient (Wildman–Crippen LogP) is 1.29. The molecule has 5 nitrogen and oxygen atoms in total. The fourth-order valence-electron chi connectivity index (χ4n) is 2.04. The van der Waals surface area contributed by atoms with Crippen LogP contribution in [0.3, 0.4) is 0 Å². The summed E-state index contributed by atoms with van der Waals surface area (Å²) in [5, 5.41) is 14.2. The Hall–Kier alpha value is -1.62. The fourth-order valence-corrected chi connectivity index (χ4v) is 2.04. The molecule has 0 atom stereocenters. The van der Waals surface area contributed by atoms with Gasteiger partial charge in [0.25, 0.3) is 5.69 Å². The summed E-state index contributed by atoms with van der Waals surface area (Å²) >= 11 is 0. The number of nitro benzene ring substituents is 1. The van der Waals surface area contributed by atoms with Crippen molar-refractivity contribution >= 4 is 5.69 Å². The van der Waals surface area contributed by atoms with Crippen LogP contribution in [0.4, 0.5) is 5.69 Å². The zero-order valence-corrected chi connectivity index (χ0v) is 9.16. The summed E-state index contributed by atoms with van der Waals surface area (Å²) in [6.07, 6.45) is 1.52. The Morgan fingerprint density at radius 1 is 1.38 bits per heavy atom. The predicted molar refractivity (Wildman–Crippen MR) is 59.9 cm³/mol. The molecule has 0 radical (unpaired) electrons. The first-order valence-corrected chi connectivity index (χ1v) is 5.27. The van der Waals surface area contributed by atoms with Crippen molar-refractivity contribution in [3.63, 3.8) is 0 Å². The molecule has 1 aromatic carbocycles. The summed E-state index contributed by atoms with van der Waals surface area (Å²) in [4.78, 5) is 10.7. The summed E-state index contributed by atoms with van der Waals surface area (Å²) in [6, 6.07) is 3.40. The molecule has 0 amide bonds. The van der Waals surface area contributed by atoms with Gasteiger partial charge in [-0.05, 0) is 37.6 Å². The molecule has 2 rings (SSSR count). The van der Waals surface area contributed by atoms with Crippen molar-refractivity contribution in [2.24, 2.45) is 0 Å². The van der Waals surface area contributed by atoms with Gasteiger partial charge in [-0.25, -0.2) is 0 Å². The van der Waals surface area contributed by atoms with Crippen LogP contribution in [-0.4, -0.2) is 25.1 Å². The third kappa shape index (κ3) is 1.99. The maximum atomic E-state index is 11.0. The van der Waals surface area contributed by atoms with Gasteiger partial charge in [0.2, 0.25) is 0 Å². The molecule has 1 heterocycles.